The van der Waals surface area contributed by atoms with Gasteiger partial charge >= 0.3 is 0 Å². The number of benzene rings is 2. The van der Waals surface area contributed by atoms with E-state index < -0.39 is 0 Å². The van der Waals surface area contributed by atoms with Crippen LogP contribution in [0.4, 0.5) is 0 Å². The minimum atomic E-state index is -0.0597. The van der Waals surface area contributed by atoms with Crippen molar-refractivity contribution in [3.8, 4) is 5.75 Å². The van der Waals surface area contributed by atoms with Gasteiger partial charge in [-0.25, -0.2) is 0 Å². The molecule has 0 aliphatic carbocycles. The van der Waals surface area contributed by atoms with Crippen molar-refractivity contribution in [2.75, 3.05) is 0 Å². The SMILES string of the molecule is CC(Oc1ccc(Br)cc1[C@@H](C)N)c1ccccc1. The van der Waals surface area contributed by atoms with E-state index in [1.165, 1.54) is 0 Å². The highest BCUT2D eigenvalue weighted by Gasteiger charge is 2.13. The van der Waals surface area contributed by atoms with Crippen LogP contribution in [0.2, 0.25) is 0 Å². The molecule has 0 aliphatic heterocycles. The number of hydrogen-bond acceptors (Lipinski definition) is 2. The van der Waals surface area contributed by atoms with Gasteiger partial charge < -0.3 is 10.5 Å². The van der Waals surface area contributed by atoms with Crippen molar-refractivity contribution in [3.63, 3.8) is 0 Å². The fraction of sp³-hybridized carbons (Fsp3) is 0.250. The van der Waals surface area contributed by atoms with Crippen molar-refractivity contribution in [1.29, 1.82) is 0 Å². The highest BCUT2D eigenvalue weighted by molar-refractivity contribution is 9.10. The van der Waals surface area contributed by atoms with Gasteiger partial charge in [-0.3, -0.25) is 0 Å². The molecule has 2 atom stereocenters. The summed E-state index contributed by atoms with van der Waals surface area (Å²) in [6.07, 6.45) is -0.000115. The summed E-state index contributed by atoms with van der Waals surface area (Å²) < 4.78 is 7.06. The average molecular weight is 320 g/mol. The Labute approximate surface area is 122 Å². The fourth-order valence-corrected chi connectivity index (χ4v) is 2.34. The van der Waals surface area contributed by atoms with Crippen LogP contribution in [0.15, 0.2) is 53.0 Å². The second-order valence-corrected chi connectivity index (χ2v) is 5.56. The Bertz CT molecular complexity index is 540. The molecule has 0 aromatic heterocycles. The Morgan fingerprint density at radius 3 is 2.37 bits per heavy atom. The van der Waals surface area contributed by atoms with E-state index in [0.29, 0.717) is 0 Å². The molecule has 100 valence electrons. The highest BCUT2D eigenvalue weighted by atomic mass is 79.9. The zero-order chi connectivity index (χ0) is 13.8. The molecule has 19 heavy (non-hydrogen) atoms. The number of ether oxygens (including phenoxy) is 1. The van der Waals surface area contributed by atoms with Crippen molar-refractivity contribution in [2.45, 2.75) is 26.0 Å². The van der Waals surface area contributed by atoms with Crippen LogP contribution in [0.5, 0.6) is 5.75 Å². The summed E-state index contributed by atoms with van der Waals surface area (Å²) >= 11 is 3.46. The monoisotopic (exact) mass is 319 g/mol. The molecule has 2 aromatic rings. The van der Waals surface area contributed by atoms with Crippen LogP contribution in [0, 0.1) is 0 Å². The number of halogens is 1. The van der Waals surface area contributed by atoms with E-state index in [-0.39, 0.29) is 12.1 Å². The summed E-state index contributed by atoms with van der Waals surface area (Å²) in [6, 6.07) is 16.1. The summed E-state index contributed by atoms with van der Waals surface area (Å²) in [4.78, 5) is 0. The molecule has 0 fully saturated rings. The van der Waals surface area contributed by atoms with Gasteiger partial charge in [0, 0.05) is 16.1 Å². The third kappa shape index (κ3) is 3.58. The molecule has 3 heteroatoms. The third-order valence-electron chi connectivity index (χ3n) is 3.04. The predicted molar refractivity (Wildman–Crippen MR) is 82.2 cm³/mol. The number of nitrogens with two attached hydrogens (primary N) is 1. The molecule has 1 unspecified atom stereocenters. The summed E-state index contributed by atoms with van der Waals surface area (Å²) in [6.45, 7) is 4.00. The standard InChI is InChI=1S/C16H18BrNO/c1-11(18)15-10-14(17)8-9-16(15)19-12(2)13-6-4-3-5-7-13/h3-12H,18H2,1-2H3/t11-,12?/m1/s1. The molecule has 2 nitrogen and oxygen atoms in total. The smallest absolute Gasteiger partial charge is 0.125 e. The molecule has 0 radical (unpaired) electrons. The fourth-order valence-electron chi connectivity index (χ4n) is 1.97. The molecule has 2 aromatic carbocycles. The molecule has 0 saturated heterocycles. The Kier molecular flexibility index (Phi) is 4.61. The summed E-state index contributed by atoms with van der Waals surface area (Å²) in [5, 5.41) is 0. The van der Waals surface area contributed by atoms with Crippen LogP contribution in [-0.4, -0.2) is 0 Å². The maximum atomic E-state index is 6.05. The first-order valence-corrected chi connectivity index (χ1v) is 7.14. The van der Waals surface area contributed by atoms with Crippen LogP contribution < -0.4 is 10.5 Å². The lowest BCUT2D eigenvalue weighted by Crippen LogP contribution is -2.10. The first-order chi connectivity index (χ1) is 9.08. The summed E-state index contributed by atoms with van der Waals surface area (Å²) in [7, 11) is 0. The van der Waals surface area contributed by atoms with Gasteiger partial charge in [0.2, 0.25) is 0 Å². The van der Waals surface area contributed by atoms with Gasteiger partial charge in [-0.2, -0.15) is 0 Å². The van der Waals surface area contributed by atoms with E-state index in [1.54, 1.807) is 0 Å². The van der Waals surface area contributed by atoms with Crippen LogP contribution in [0.25, 0.3) is 0 Å². The molecule has 0 heterocycles. The lowest BCUT2D eigenvalue weighted by Gasteiger charge is -2.19. The van der Waals surface area contributed by atoms with Gasteiger partial charge in [-0.15, -0.1) is 0 Å². The molecule has 0 saturated carbocycles. The van der Waals surface area contributed by atoms with E-state index in [9.17, 15) is 0 Å². The van der Waals surface area contributed by atoms with E-state index in [1.807, 2.05) is 50.2 Å². The maximum Gasteiger partial charge on any atom is 0.125 e. The molecule has 2 N–H and O–H groups in total. The zero-order valence-electron chi connectivity index (χ0n) is 11.1. The van der Waals surface area contributed by atoms with Crippen molar-refractivity contribution < 1.29 is 4.74 Å². The molecule has 2 rings (SSSR count). The molecule has 0 spiro atoms. The lowest BCUT2D eigenvalue weighted by molar-refractivity contribution is 0.223. The highest BCUT2D eigenvalue weighted by Crippen LogP contribution is 2.30. The van der Waals surface area contributed by atoms with E-state index in [2.05, 4.69) is 28.1 Å². The van der Waals surface area contributed by atoms with Gasteiger partial charge in [-0.05, 0) is 37.6 Å². The summed E-state index contributed by atoms with van der Waals surface area (Å²) in [5.41, 5.74) is 8.16. The van der Waals surface area contributed by atoms with Crippen molar-refractivity contribution in [3.05, 3.63) is 64.1 Å². The van der Waals surface area contributed by atoms with Gasteiger partial charge in [0.05, 0.1) is 0 Å². The van der Waals surface area contributed by atoms with Crippen LogP contribution in [0.1, 0.15) is 37.1 Å². The predicted octanol–water partition coefficient (Wildman–Crippen LogP) is 4.61. The Hall–Kier alpha value is -1.32. The van der Waals surface area contributed by atoms with Crippen LogP contribution in [-0.2, 0) is 0 Å². The summed E-state index contributed by atoms with van der Waals surface area (Å²) in [5.74, 6) is 0.842. The molecular weight excluding hydrogens is 302 g/mol. The third-order valence-corrected chi connectivity index (χ3v) is 3.53. The first kappa shape index (κ1) is 14.1. The molecular formula is C16H18BrNO. The Balaban J connectivity index is 2.24. The van der Waals surface area contributed by atoms with Gasteiger partial charge in [0.25, 0.3) is 0 Å². The molecule has 0 aliphatic rings. The van der Waals surface area contributed by atoms with E-state index in [0.717, 1.165) is 21.3 Å². The normalized spacial score (nSPS) is 13.9. The van der Waals surface area contributed by atoms with Crippen molar-refractivity contribution in [1.82, 2.24) is 0 Å². The average Bonchev–Trinajstić information content (AvgIpc) is 2.41. The van der Waals surface area contributed by atoms with Gasteiger partial charge in [-0.1, -0.05) is 46.3 Å². The van der Waals surface area contributed by atoms with Crippen molar-refractivity contribution in [2.24, 2.45) is 5.73 Å². The number of hydrogen-bond donors (Lipinski definition) is 1. The molecule has 0 bridgehead atoms. The van der Waals surface area contributed by atoms with Gasteiger partial charge in [0.1, 0.15) is 11.9 Å². The maximum absolute atomic E-state index is 6.05. The largest absolute Gasteiger partial charge is 0.486 e. The van der Waals surface area contributed by atoms with Gasteiger partial charge in [0.15, 0.2) is 0 Å². The minimum Gasteiger partial charge on any atom is -0.486 e. The quantitative estimate of drug-likeness (QED) is 0.893. The second kappa shape index (κ2) is 6.22. The first-order valence-electron chi connectivity index (χ1n) is 6.34. The van der Waals surface area contributed by atoms with Crippen LogP contribution >= 0.6 is 15.9 Å². The Morgan fingerprint density at radius 1 is 1.05 bits per heavy atom. The lowest BCUT2D eigenvalue weighted by atomic mass is 10.1. The minimum absolute atomic E-state index is 0.000115. The van der Waals surface area contributed by atoms with E-state index in [4.69, 9.17) is 10.5 Å². The van der Waals surface area contributed by atoms with Crippen LogP contribution in [0.3, 0.4) is 0 Å². The number of rotatable bonds is 4. The zero-order valence-corrected chi connectivity index (χ0v) is 12.7. The topological polar surface area (TPSA) is 35.2 Å². The van der Waals surface area contributed by atoms with Crippen molar-refractivity contribution >= 4 is 15.9 Å². The van der Waals surface area contributed by atoms with E-state index >= 15 is 0 Å². The molecule has 0 amide bonds. The second-order valence-electron chi connectivity index (χ2n) is 4.64. The Morgan fingerprint density at radius 2 is 1.74 bits per heavy atom.